The maximum absolute atomic E-state index is 13.8. The third kappa shape index (κ3) is 4.02. The van der Waals surface area contributed by atoms with Crippen molar-refractivity contribution in [3.05, 3.63) is 70.8 Å². The molecule has 172 valence electrons. The molecule has 1 aliphatic heterocycles. The van der Waals surface area contributed by atoms with E-state index in [1.165, 1.54) is 4.90 Å². The molecule has 0 atom stereocenters. The van der Waals surface area contributed by atoms with Gasteiger partial charge in [0.15, 0.2) is 0 Å². The molecule has 0 fully saturated rings. The quantitative estimate of drug-likeness (QED) is 0.430. The molecule has 33 heavy (non-hydrogen) atoms. The molecule has 1 aliphatic rings. The Labute approximate surface area is 195 Å². The van der Waals surface area contributed by atoms with Gasteiger partial charge in [-0.3, -0.25) is 9.59 Å². The third-order valence-corrected chi connectivity index (χ3v) is 6.23. The average Bonchev–Trinajstić information content (AvgIpc) is 2.77. The van der Waals surface area contributed by atoms with Crippen LogP contribution in [-0.2, 0) is 0 Å². The highest BCUT2D eigenvalue weighted by molar-refractivity contribution is 6.36. The molecule has 0 aromatic heterocycles. The van der Waals surface area contributed by atoms with Gasteiger partial charge in [-0.25, -0.2) is 4.90 Å². The molecule has 0 radical (unpaired) electrons. The van der Waals surface area contributed by atoms with E-state index >= 15 is 0 Å². The second kappa shape index (κ2) is 8.99. The lowest BCUT2D eigenvalue weighted by Crippen LogP contribution is -2.41. The number of likely N-dealkylation sites (N-methyl/N-ethyl adjacent to an activating group) is 1. The summed E-state index contributed by atoms with van der Waals surface area (Å²) < 4.78 is 6.01. The second-order valence-corrected chi connectivity index (χ2v) is 9.53. The molecule has 0 spiro atoms. The van der Waals surface area contributed by atoms with Crippen LogP contribution in [0.25, 0.3) is 10.8 Å². The normalized spacial score (nSPS) is 13.7. The minimum atomic E-state index is -0.279. The molecule has 0 bridgehead atoms. The summed E-state index contributed by atoms with van der Waals surface area (Å²) in [6.45, 7) is 9.67. The zero-order valence-electron chi connectivity index (χ0n) is 20.3. The molecule has 1 heterocycles. The second-order valence-electron chi connectivity index (χ2n) is 9.53. The van der Waals surface area contributed by atoms with Crippen LogP contribution < -0.4 is 9.64 Å². The van der Waals surface area contributed by atoms with Crippen LogP contribution in [-0.4, -0.2) is 44.0 Å². The monoisotopic (exact) mass is 444 g/mol. The molecule has 4 rings (SSSR count). The molecule has 0 N–H and O–H groups in total. The van der Waals surface area contributed by atoms with E-state index in [0.29, 0.717) is 28.9 Å². The van der Waals surface area contributed by atoms with E-state index < -0.39 is 0 Å². The highest BCUT2D eigenvalue weighted by atomic mass is 16.5. The molecule has 2 amide bonds. The summed E-state index contributed by atoms with van der Waals surface area (Å²) in [4.78, 5) is 31.1. The van der Waals surface area contributed by atoms with Gasteiger partial charge < -0.3 is 9.64 Å². The molecular formula is C28H32N2O3. The fourth-order valence-electron chi connectivity index (χ4n) is 4.51. The van der Waals surface area contributed by atoms with Crippen LogP contribution in [0.2, 0.25) is 0 Å². The van der Waals surface area contributed by atoms with Crippen LogP contribution in [0.15, 0.2) is 48.5 Å². The molecule has 0 saturated heterocycles. The van der Waals surface area contributed by atoms with Gasteiger partial charge in [-0.15, -0.1) is 0 Å². The van der Waals surface area contributed by atoms with Crippen molar-refractivity contribution in [2.24, 2.45) is 0 Å². The number of hydrogen-bond donors (Lipinski definition) is 0. The Hall–Kier alpha value is -3.18. The molecule has 0 unspecified atom stereocenters. The molecule has 5 nitrogen and oxygen atoms in total. The number of hydrogen-bond acceptors (Lipinski definition) is 4. The van der Waals surface area contributed by atoms with Crippen LogP contribution in [0.3, 0.4) is 0 Å². The Kier molecular flexibility index (Phi) is 6.26. The summed E-state index contributed by atoms with van der Waals surface area (Å²) in [6.07, 6.45) is 0. The highest BCUT2D eigenvalue weighted by Crippen LogP contribution is 2.41. The first-order valence-electron chi connectivity index (χ1n) is 11.6. The summed E-state index contributed by atoms with van der Waals surface area (Å²) >= 11 is 0. The number of nitrogens with zero attached hydrogens (tertiary/aromatic N) is 2. The number of imide groups is 1. The van der Waals surface area contributed by atoms with Gasteiger partial charge in [-0.2, -0.15) is 0 Å². The first kappa shape index (κ1) is 23.0. The van der Waals surface area contributed by atoms with E-state index in [9.17, 15) is 9.59 Å². The standard InChI is InChI=1S/C28H32N2O3/c1-17(2)19-9-7-10-20(18(3)4)26(19)30-27(31)22-12-8-11-21-24(33-16-15-29(5)6)14-13-23(25(21)22)28(30)32/h7-14,17-18H,15-16H2,1-6H3. The van der Waals surface area contributed by atoms with Crippen LogP contribution >= 0.6 is 0 Å². The summed E-state index contributed by atoms with van der Waals surface area (Å²) in [5.41, 5.74) is 3.80. The van der Waals surface area contributed by atoms with Gasteiger partial charge in [-0.1, -0.05) is 58.0 Å². The number of anilines is 1. The van der Waals surface area contributed by atoms with Crippen molar-refractivity contribution >= 4 is 28.3 Å². The predicted molar refractivity (Wildman–Crippen MR) is 134 cm³/mol. The topological polar surface area (TPSA) is 49.9 Å². The van der Waals surface area contributed by atoms with Gasteiger partial charge >= 0.3 is 0 Å². The minimum Gasteiger partial charge on any atom is -0.492 e. The van der Waals surface area contributed by atoms with E-state index in [1.807, 2.05) is 56.6 Å². The van der Waals surface area contributed by atoms with Crippen molar-refractivity contribution in [3.8, 4) is 5.75 Å². The number of rotatable bonds is 7. The first-order valence-corrected chi connectivity index (χ1v) is 11.6. The van der Waals surface area contributed by atoms with E-state index in [0.717, 1.165) is 28.7 Å². The lowest BCUT2D eigenvalue weighted by Gasteiger charge is -2.32. The van der Waals surface area contributed by atoms with Crippen molar-refractivity contribution in [2.45, 2.75) is 39.5 Å². The summed E-state index contributed by atoms with van der Waals surface area (Å²) in [6, 6.07) is 15.3. The number of ether oxygens (including phenoxy) is 1. The van der Waals surface area contributed by atoms with Crippen LogP contribution in [0.4, 0.5) is 5.69 Å². The Morgan fingerprint density at radius 2 is 1.39 bits per heavy atom. The van der Waals surface area contributed by atoms with E-state index in [-0.39, 0.29) is 23.7 Å². The largest absolute Gasteiger partial charge is 0.492 e. The van der Waals surface area contributed by atoms with E-state index in [2.05, 4.69) is 32.6 Å². The van der Waals surface area contributed by atoms with Crippen molar-refractivity contribution < 1.29 is 14.3 Å². The van der Waals surface area contributed by atoms with E-state index in [4.69, 9.17) is 4.74 Å². The average molecular weight is 445 g/mol. The van der Waals surface area contributed by atoms with Gasteiger partial charge in [0, 0.05) is 28.4 Å². The van der Waals surface area contributed by atoms with Gasteiger partial charge in [-0.05, 0) is 55.3 Å². The Balaban J connectivity index is 1.88. The molecule has 0 saturated carbocycles. The zero-order valence-corrected chi connectivity index (χ0v) is 20.3. The SMILES string of the molecule is CC(C)c1cccc(C(C)C)c1N1C(=O)c2cccc3c(OCCN(C)C)ccc(c23)C1=O. The van der Waals surface area contributed by atoms with Crippen molar-refractivity contribution in [1.29, 1.82) is 0 Å². The number of carbonyl (C=O) groups excluding carboxylic acids is 2. The van der Waals surface area contributed by atoms with Crippen molar-refractivity contribution in [1.82, 2.24) is 4.90 Å². The summed E-state index contributed by atoms with van der Waals surface area (Å²) in [5, 5.41) is 1.48. The maximum Gasteiger partial charge on any atom is 0.266 e. The van der Waals surface area contributed by atoms with Gasteiger partial charge in [0.1, 0.15) is 12.4 Å². The first-order chi connectivity index (χ1) is 15.7. The number of para-hydroxylation sites is 1. The van der Waals surface area contributed by atoms with Gasteiger partial charge in [0.05, 0.1) is 5.69 Å². The van der Waals surface area contributed by atoms with Crippen LogP contribution in [0.5, 0.6) is 5.75 Å². The van der Waals surface area contributed by atoms with Crippen molar-refractivity contribution in [3.63, 3.8) is 0 Å². The smallest absolute Gasteiger partial charge is 0.266 e. The van der Waals surface area contributed by atoms with Crippen molar-refractivity contribution in [2.75, 3.05) is 32.1 Å². The summed E-state index contributed by atoms with van der Waals surface area (Å²) in [5.74, 6) is 0.474. The van der Waals surface area contributed by atoms with E-state index in [1.54, 1.807) is 6.07 Å². The van der Waals surface area contributed by atoms with Crippen LogP contribution in [0.1, 0.15) is 71.4 Å². The molecule has 3 aromatic rings. The maximum atomic E-state index is 13.8. The fourth-order valence-corrected chi connectivity index (χ4v) is 4.51. The molecular weight excluding hydrogens is 412 g/mol. The lowest BCUT2D eigenvalue weighted by atomic mass is 9.88. The molecule has 0 aliphatic carbocycles. The highest BCUT2D eigenvalue weighted by Gasteiger charge is 2.37. The van der Waals surface area contributed by atoms with Crippen LogP contribution in [0, 0.1) is 0 Å². The molecule has 5 heteroatoms. The summed E-state index contributed by atoms with van der Waals surface area (Å²) in [7, 11) is 3.99. The number of amides is 2. The van der Waals surface area contributed by atoms with Gasteiger partial charge in [0.2, 0.25) is 0 Å². The Morgan fingerprint density at radius 3 is 1.97 bits per heavy atom. The third-order valence-electron chi connectivity index (χ3n) is 6.23. The predicted octanol–water partition coefficient (Wildman–Crippen LogP) is 5.83. The minimum absolute atomic E-state index is 0.170. The fraction of sp³-hybridized carbons (Fsp3) is 0.357. The van der Waals surface area contributed by atoms with Gasteiger partial charge in [0.25, 0.3) is 11.8 Å². The number of carbonyl (C=O) groups is 2. The lowest BCUT2D eigenvalue weighted by molar-refractivity contribution is 0.0893. The number of benzene rings is 3. The zero-order chi connectivity index (χ0) is 23.9. The Bertz CT molecular complexity index is 1180. The Morgan fingerprint density at radius 1 is 0.818 bits per heavy atom. The molecule has 3 aromatic carbocycles.